The summed E-state index contributed by atoms with van der Waals surface area (Å²) in [6.45, 7) is 5.57. The first-order valence-electron chi connectivity index (χ1n) is 7.21. The third-order valence-electron chi connectivity index (χ3n) is 3.07. The van der Waals surface area contributed by atoms with Gasteiger partial charge < -0.3 is 4.74 Å². The predicted molar refractivity (Wildman–Crippen MR) is 79.8 cm³/mol. The molecule has 0 aliphatic rings. The van der Waals surface area contributed by atoms with Crippen molar-refractivity contribution in [2.24, 2.45) is 5.92 Å². The maximum atomic E-state index is 9.07. The molecule has 5 nitrogen and oxygen atoms in total. The molecule has 0 aliphatic carbocycles. The van der Waals surface area contributed by atoms with Gasteiger partial charge in [-0.3, -0.25) is 0 Å². The van der Waals surface area contributed by atoms with Crippen LogP contribution in [0.2, 0.25) is 0 Å². The predicted octanol–water partition coefficient (Wildman–Crippen LogP) is 2.82. The van der Waals surface area contributed by atoms with Crippen LogP contribution in [0.15, 0.2) is 30.3 Å². The number of benzene rings is 1. The SMILES string of the molecule is CC(C)Cc1c(C#N)nnn1CCCOc1ccccc1. The van der Waals surface area contributed by atoms with Gasteiger partial charge in [-0.15, -0.1) is 5.10 Å². The van der Waals surface area contributed by atoms with Crippen molar-refractivity contribution in [3.05, 3.63) is 41.7 Å². The molecular weight excluding hydrogens is 264 g/mol. The van der Waals surface area contributed by atoms with Crippen LogP contribution in [0.1, 0.15) is 31.7 Å². The molecule has 1 aromatic carbocycles. The average Bonchev–Trinajstić information content (AvgIpc) is 2.86. The minimum Gasteiger partial charge on any atom is -0.494 e. The Hall–Kier alpha value is -2.35. The number of nitrogens with zero attached hydrogens (tertiary/aromatic N) is 4. The van der Waals surface area contributed by atoms with Gasteiger partial charge in [-0.2, -0.15) is 5.26 Å². The Labute approximate surface area is 125 Å². The Kier molecular flexibility index (Phi) is 5.33. The van der Waals surface area contributed by atoms with Gasteiger partial charge in [-0.1, -0.05) is 37.3 Å². The summed E-state index contributed by atoms with van der Waals surface area (Å²) in [5, 5.41) is 17.1. The zero-order valence-electron chi connectivity index (χ0n) is 12.5. The molecule has 2 rings (SSSR count). The van der Waals surface area contributed by atoms with Gasteiger partial charge in [0.2, 0.25) is 0 Å². The Morgan fingerprint density at radius 2 is 2.05 bits per heavy atom. The summed E-state index contributed by atoms with van der Waals surface area (Å²) in [4.78, 5) is 0. The summed E-state index contributed by atoms with van der Waals surface area (Å²) < 4.78 is 7.48. The van der Waals surface area contributed by atoms with Crippen molar-refractivity contribution in [2.75, 3.05) is 6.61 Å². The third-order valence-corrected chi connectivity index (χ3v) is 3.07. The normalized spacial score (nSPS) is 10.6. The molecule has 2 aromatic rings. The van der Waals surface area contributed by atoms with E-state index in [1.807, 2.05) is 35.0 Å². The Bertz CT molecular complexity index is 598. The van der Waals surface area contributed by atoms with Crippen molar-refractivity contribution in [2.45, 2.75) is 33.2 Å². The molecule has 0 bridgehead atoms. The van der Waals surface area contributed by atoms with Crippen molar-refractivity contribution >= 4 is 0 Å². The van der Waals surface area contributed by atoms with Crippen molar-refractivity contribution in [1.82, 2.24) is 15.0 Å². The van der Waals surface area contributed by atoms with Crippen molar-refractivity contribution in [3.63, 3.8) is 0 Å². The van der Waals surface area contributed by atoms with E-state index in [2.05, 4.69) is 30.2 Å². The maximum Gasteiger partial charge on any atom is 0.185 e. The second-order valence-corrected chi connectivity index (χ2v) is 5.33. The summed E-state index contributed by atoms with van der Waals surface area (Å²) in [5.74, 6) is 1.34. The molecule has 0 amide bonds. The molecular formula is C16H20N4O. The van der Waals surface area contributed by atoms with Crippen LogP contribution in [0.25, 0.3) is 0 Å². The number of hydrogen-bond acceptors (Lipinski definition) is 4. The molecule has 0 N–H and O–H groups in total. The van der Waals surface area contributed by atoms with Crippen LogP contribution < -0.4 is 4.74 Å². The summed E-state index contributed by atoms with van der Waals surface area (Å²) in [5.41, 5.74) is 1.36. The van der Waals surface area contributed by atoms with E-state index in [4.69, 9.17) is 10.00 Å². The number of aryl methyl sites for hydroxylation is 1. The molecule has 0 saturated carbocycles. The topological polar surface area (TPSA) is 63.7 Å². The van der Waals surface area contributed by atoms with Crippen LogP contribution in [-0.2, 0) is 13.0 Å². The van der Waals surface area contributed by atoms with Gasteiger partial charge in [-0.25, -0.2) is 4.68 Å². The van der Waals surface area contributed by atoms with Gasteiger partial charge in [0.25, 0.3) is 0 Å². The minimum atomic E-state index is 0.438. The van der Waals surface area contributed by atoms with Gasteiger partial charge in [0.15, 0.2) is 5.69 Å². The molecule has 0 aliphatic heterocycles. The van der Waals surface area contributed by atoms with E-state index in [1.165, 1.54) is 0 Å². The average molecular weight is 284 g/mol. The maximum absolute atomic E-state index is 9.07. The summed E-state index contributed by atoms with van der Waals surface area (Å²) in [6.07, 6.45) is 1.64. The number of aromatic nitrogens is 3. The fourth-order valence-electron chi connectivity index (χ4n) is 2.11. The van der Waals surface area contributed by atoms with Crippen LogP contribution in [0.5, 0.6) is 5.75 Å². The van der Waals surface area contributed by atoms with Gasteiger partial charge in [0.1, 0.15) is 11.8 Å². The lowest BCUT2D eigenvalue weighted by molar-refractivity contribution is 0.296. The van der Waals surface area contributed by atoms with Crippen molar-refractivity contribution in [3.8, 4) is 11.8 Å². The molecule has 0 radical (unpaired) electrons. The number of para-hydroxylation sites is 1. The van der Waals surface area contributed by atoms with Gasteiger partial charge in [0, 0.05) is 13.0 Å². The first kappa shape index (κ1) is 15.0. The zero-order chi connectivity index (χ0) is 15.1. The second kappa shape index (κ2) is 7.44. The monoisotopic (exact) mass is 284 g/mol. The molecule has 0 spiro atoms. The molecule has 0 fully saturated rings. The fraction of sp³-hybridized carbons (Fsp3) is 0.438. The Morgan fingerprint density at radius 1 is 1.29 bits per heavy atom. The lowest BCUT2D eigenvalue weighted by atomic mass is 10.1. The zero-order valence-corrected chi connectivity index (χ0v) is 12.5. The number of hydrogen-bond donors (Lipinski definition) is 0. The molecule has 110 valence electrons. The minimum absolute atomic E-state index is 0.438. The third kappa shape index (κ3) is 4.32. The molecule has 5 heteroatoms. The number of rotatable bonds is 7. The molecule has 0 saturated heterocycles. The molecule has 0 atom stereocenters. The standard InChI is InChI=1S/C16H20N4O/c1-13(2)11-16-15(12-17)18-19-20(16)9-6-10-21-14-7-4-3-5-8-14/h3-5,7-8,13H,6,9-11H2,1-2H3. The quantitative estimate of drug-likeness (QED) is 0.733. The molecule has 0 unspecified atom stereocenters. The van der Waals surface area contributed by atoms with E-state index in [9.17, 15) is 0 Å². The van der Waals surface area contributed by atoms with Crippen LogP contribution in [0.4, 0.5) is 0 Å². The van der Waals surface area contributed by atoms with E-state index in [-0.39, 0.29) is 0 Å². The highest BCUT2D eigenvalue weighted by Gasteiger charge is 2.13. The molecule has 21 heavy (non-hydrogen) atoms. The smallest absolute Gasteiger partial charge is 0.185 e. The summed E-state index contributed by atoms with van der Waals surface area (Å²) in [6, 6.07) is 11.9. The summed E-state index contributed by atoms with van der Waals surface area (Å²) in [7, 11) is 0. The van der Waals surface area contributed by atoms with Crippen molar-refractivity contribution < 1.29 is 4.74 Å². The number of ether oxygens (including phenoxy) is 1. The van der Waals surface area contributed by atoms with E-state index < -0.39 is 0 Å². The Morgan fingerprint density at radius 3 is 2.71 bits per heavy atom. The van der Waals surface area contributed by atoms with Crippen LogP contribution >= 0.6 is 0 Å². The highest BCUT2D eigenvalue weighted by molar-refractivity contribution is 5.25. The van der Waals surface area contributed by atoms with E-state index >= 15 is 0 Å². The van der Waals surface area contributed by atoms with E-state index in [1.54, 1.807) is 0 Å². The highest BCUT2D eigenvalue weighted by Crippen LogP contribution is 2.12. The van der Waals surface area contributed by atoms with Crippen LogP contribution in [0.3, 0.4) is 0 Å². The van der Waals surface area contributed by atoms with E-state index in [0.717, 1.165) is 24.3 Å². The molecule has 1 aromatic heterocycles. The second-order valence-electron chi connectivity index (χ2n) is 5.33. The van der Waals surface area contributed by atoms with Crippen LogP contribution in [-0.4, -0.2) is 21.6 Å². The fourth-order valence-corrected chi connectivity index (χ4v) is 2.11. The van der Waals surface area contributed by atoms with Gasteiger partial charge >= 0.3 is 0 Å². The first-order chi connectivity index (χ1) is 10.2. The molecule has 1 heterocycles. The first-order valence-corrected chi connectivity index (χ1v) is 7.21. The number of nitriles is 1. The lowest BCUT2D eigenvalue weighted by Gasteiger charge is -2.09. The highest BCUT2D eigenvalue weighted by atomic mass is 16.5. The van der Waals surface area contributed by atoms with Crippen molar-refractivity contribution in [1.29, 1.82) is 5.26 Å². The van der Waals surface area contributed by atoms with Gasteiger partial charge in [-0.05, 0) is 24.5 Å². The van der Waals surface area contributed by atoms with E-state index in [0.29, 0.717) is 24.8 Å². The van der Waals surface area contributed by atoms with Crippen LogP contribution in [0, 0.1) is 17.2 Å². The largest absolute Gasteiger partial charge is 0.494 e. The summed E-state index contributed by atoms with van der Waals surface area (Å²) >= 11 is 0. The Balaban J connectivity index is 1.88. The lowest BCUT2D eigenvalue weighted by Crippen LogP contribution is -2.11. The van der Waals surface area contributed by atoms with Gasteiger partial charge in [0.05, 0.1) is 12.3 Å².